The first-order chi connectivity index (χ1) is 10.3. The van der Waals surface area contributed by atoms with E-state index in [-0.39, 0.29) is 11.9 Å². The second-order valence-corrected chi connectivity index (χ2v) is 6.01. The highest BCUT2D eigenvalue weighted by Gasteiger charge is 2.23. The lowest BCUT2D eigenvalue weighted by atomic mass is 9.95. The quantitative estimate of drug-likeness (QED) is 0.856. The molecule has 3 nitrogen and oxygen atoms in total. The van der Waals surface area contributed by atoms with Gasteiger partial charge in [-0.2, -0.15) is 0 Å². The number of amides is 1. The molecule has 2 aromatic rings. The standard InChI is InChI=1S/C17H18N2OS/c1-21-15-8-4-7-14(10-15)19-17(20)16-9-12-5-2-3-6-13(12)11-18-16/h2-8,10,16,18H,9,11H2,1H3,(H,19,20)/t16-/m1/s1. The van der Waals surface area contributed by atoms with Crippen molar-refractivity contribution in [2.45, 2.75) is 23.9 Å². The van der Waals surface area contributed by atoms with E-state index in [2.05, 4.69) is 22.8 Å². The van der Waals surface area contributed by atoms with Gasteiger partial charge in [-0.05, 0) is 42.0 Å². The number of rotatable bonds is 3. The molecule has 2 aromatic carbocycles. The first-order valence-electron chi connectivity index (χ1n) is 7.01. The van der Waals surface area contributed by atoms with Crippen LogP contribution < -0.4 is 10.6 Å². The van der Waals surface area contributed by atoms with Gasteiger partial charge in [0.25, 0.3) is 0 Å². The fourth-order valence-corrected chi connectivity index (χ4v) is 3.03. The molecule has 1 aliphatic heterocycles. The van der Waals surface area contributed by atoms with Crippen LogP contribution in [0.1, 0.15) is 11.1 Å². The van der Waals surface area contributed by atoms with E-state index in [9.17, 15) is 4.79 Å². The molecular formula is C17H18N2OS. The van der Waals surface area contributed by atoms with Crippen LogP contribution in [0.4, 0.5) is 5.69 Å². The molecule has 0 saturated carbocycles. The summed E-state index contributed by atoms with van der Waals surface area (Å²) in [4.78, 5) is 13.5. The summed E-state index contributed by atoms with van der Waals surface area (Å²) in [6.45, 7) is 0.749. The smallest absolute Gasteiger partial charge is 0.241 e. The van der Waals surface area contributed by atoms with Crippen LogP contribution in [0.25, 0.3) is 0 Å². The lowest BCUT2D eigenvalue weighted by molar-refractivity contribution is -0.118. The molecule has 1 atom stereocenters. The molecule has 0 aromatic heterocycles. The number of carbonyl (C=O) groups is 1. The molecule has 0 spiro atoms. The highest BCUT2D eigenvalue weighted by Crippen LogP contribution is 2.20. The number of hydrogen-bond acceptors (Lipinski definition) is 3. The first kappa shape index (κ1) is 14.2. The third kappa shape index (κ3) is 3.28. The van der Waals surface area contributed by atoms with Gasteiger partial charge in [0.2, 0.25) is 5.91 Å². The molecule has 108 valence electrons. The van der Waals surface area contributed by atoms with Crippen molar-refractivity contribution in [2.24, 2.45) is 0 Å². The van der Waals surface area contributed by atoms with Crippen LogP contribution in [0.2, 0.25) is 0 Å². The molecule has 1 heterocycles. The Hall–Kier alpha value is -1.78. The predicted octanol–water partition coefficient (Wildman–Crippen LogP) is 3.06. The minimum Gasteiger partial charge on any atom is -0.325 e. The van der Waals surface area contributed by atoms with Gasteiger partial charge in [-0.25, -0.2) is 0 Å². The molecule has 0 fully saturated rings. The normalized spacial score (nSPS) is 17.1. The zero-order valence-corrected chi connectivity index (χ0v) is 12.7. The highest BCUT2D eigenvalue weighted by atomic mass is 32.2. The number of fused-ring (bicyclic) bond motifs is 1. The second kappa shape index (κ2) is 6.33. The van der Waals surface area contributed by atoms with E-state index < -0.39 is 0 Å². The van der Waals surface area contributed by atoms with Crippen molar-refractivity contribution < 1.29 is 4.79 Å². The average Bonchev–Trinajstić information content (AvgIpc) is 2.54. The number of hydrogen-bond donors (Lipinski definition) is 2. The summed E-state index contributed by atoms with van der Waals surface area (Å²) in [6.07, 6.45) is 2.77. The van der Waals surface area contributed by atoms with Crippen molar-refractivity contribution in [3.63, 3.8) is 0 Å². The zero-order chi connectivity index (χ0) is 14.7. The first-order valence-corrected chi connectivity index (χ1v) is 8.24. The molecule has 0 radical (unpaired) electrons. The molecule has 4 heteroatoms. The lowest BCUT2D eigenvalue weighted by Gasteiger charge is -2.25. The van der Waals surface area contributed by atoms with E-state index in [1.54, 1.807) is 11.8 Å². The van der Waals surface area contributed by atoms with Crippen LogP contribution in [0.5, 0.6) is 0 Å². The van der Waals surface area contributed by atoms with Crippen molar-refractivity contribution in [3.05, 3.63) is 59.7 Å². The molecule has 1 amide bonds. The van der Waals surface area contributed by atoms with Crippen molar-refractivity contribution >= 4 is 23.4 Å². The van der Waals surface area contributed by atoms with Gasteiger partial charge < -0.3 is 10.6 Å². The molecule has 3 rings (SSSR count). The maximum atomic E-state index is 12.4. The van der Waals surface area contributed by atoms with Crippen LogP contribution in [0.3, 0.4) is 0 Å². The number of anilines is 1. The van der Waals surface area contributed by atoms with Crippen molar-refractivity contribution in [2.75, 3.05) is 11.6 Å². The predicted molar refractivity (Wildman–Crippen MR) is 87.6 cm³/mol. The topological polar surface area (TPSA) is 41.1 Å². The van der Waals surface area contributed by atoms with E-state index in [4.69, 9.17) is 0 Å². The second-order valence-electron chi connectivity index (χ2n) is 5.13. The van der Waals surface area contributed by atoms with Gasteiger partial charge in [-0.3, -0.25) is 4.79 Å². The van der Waals surface area contributed by atoms with Crippen molar-refractivity contribution in [1.82, 2.24) is 5.32 Å². The number of carbonyl (C=O) groups excluding carboxylic acids is 1. The Kier molecular flexibility index (Phi) is 4.27. The average molecular weight is 298 g/mol. The summed E-state index contributed by atoms with van der Waals surface area (Å²) < 4.78 is 0. The van der Waals surface area contributed by atoms with Gasteiger partial charge in [0, 0.05) is 17.1 Å². The van der Waals surface area contributed by atoms with E-state index in [0.29, 0.717) is 0 Å². The van der Waals surface area contributed by atoms with Gasteiger partial charge >= 0.3 is 0 Å². The van der Waals surface area contributed by atoms with E-state index >= 15 is 0 Å². The van der Waals surface area contributed by atoms with Gasteiger partial charge in [-0.15, -0.1) is 11.8 Å². The Morgan fingerprint density at radius 3 is 2.81 bits per heavy atom. The molecule has 0 aliphatic carbocycles. The zero-order valence-electron chi connectivity index (χ0n) is 11.9. The summed E-state index contributed by atoms with van der Waals surface area (Å²) in [5.74, 6) is 0.0303. The Bertz CT molecular complexity index is 657. The summed E-state index contributed by atoms with van der Waals surface area (Å²) in [6, 6.07) is 16.0. The minimum absolute atomic E-state index is 0.0303. The maximum Gasteiger partial charge on any atom is 0.241 e. The van der Waals surface area contributed by atoms with Crippen LogP contribution in [-0.4, -0.2) is 18.2 Å². The van der Waals surface area contributed by atoms with E-state index in [1.165, 1.54) is 11.1 Å². The van der Waals surface area contributed by atoms with Crippen LogP contribution in [-0.2, 0) is 17.8 Å². The van der Waals surface area contributed by atoms with Crippen molar-refractivity contribution in [1.29, 1.82) is 0 Å². The Labute approximate surface area is 129 Å². The molecular weight excluding hydrogens is 280 g/mol. The third-order valence-electron chi connectivity index (χ3n) is 3.74. The molecule has 1 aliphatic rings. The Balaban J connectivity index is 1.69. The molecule has 2 N–H and O–H groups in total. The summed E-state index contributed by atoms with van der Waals surface area (Å²) >= 11 is 1.67. The Morgan fingerprint density at radius 1 is 1.19 bits per heavy atom. The van der Waals surface area contributed by atoms with Crippen LogP contribution in [0.15, 0.2) is 53.4 Å². The van der Waals surface area contributed by atoms with Gasteiger partial charge in [0.1, 0.15) is 0 Å². The number of benzene rings is 2. The highest BCUT2D eigenvalue weighted by molar-refractivity contribution is 7.98. The number of nitrogens with one attached hydrogen (secondary N) is 2. The van der Waals surface area contributed by atoms with Crippen LogP contribution in [0, 0.1) is 0 Å². The molecule has 0 saturated heterocycles. The summed E-state index contributed by atoms with van der Waals surface area (Å²) in [5, 5.41) is 6.31. The van der Waals surface area contributed by atoms with Gasteiger partial charge in [0.05, 0.1) is 6.04 Å². The lowest BCUT2D eigenvalue weighted by Crippen LogP contribution is -2.44. The van der Waals surface area contributed by atoms with E-state index in [0.717, 1.165) is 23.5 Å². The Morgan fingerprint density at radius 2 is 2.00 bits per heavy atom. The van der Waals surface area contributed by atoms with E-state index in [1.807, 2.05) is 42.7 Å². The molecule has 0 bridgehead atoms. The minimum atomic E-state index is -0.169. The third-order valence-corrected chi connectivity index (χ3v) is 4.46. The maximum absolute atomic E-state index is 12.4. The van der Waals surface area contributed by atoms with Gasteiger partial charge in [0.15, 0.2) is 0 Å². The summed E-state index contributed by atoms with van der Waals surface area (Å²) in [5.41, 5.74) is 3.40. The van der Waals surface area contributed by atoms with Crippen LogP contribution >= 0.6 is 11.8 Å². The molecule has 0 unspecified atom stereocenters. The molecule has 21 heavy (non-hydrogen) atoms. The fourth-order valence-electron chi connectivity index (χ4n) is 2.57. The van der Waals surface area contributed by atoms with Crippen molar-refractivity contribution in [3.8, 4) is 0 Å². The monoisotopic (exact) mass is 298 g/mol. The summed E-state index contributed by atoms with van der Waals surface area (Å²) in [7, 11) is 0. The fraction of sp³-hybridized carbons (Fsp3) is 0.235. The largest absolute Gasteiger partial charge is 0.325 e. The SMILES string of the molecule is CSc1cccc(NC(=O)[C@H]2Cc3ccccc3CN2)c1. The number of thioether (sulfide) groups is 1. The van der Waals surface area contributed by atoms with Gasteiger partial charge in [-0.1, -0.05) is 30.3 Å².